The Bertz CT molecular complexity index is 350. The highest BCUT2D eigenvalue weighted by Gasteiger charge is 2.40. The molecule has 4 rings (SSSR count). The van der Waals surface area contributed by atoms with Crippen LogP contribution >= 0.6 is 0 Å². The molecule has 1 atom stereocenters. The van der Waals surface area contributed by atoms with Crippen LogP contribution in [0.2, 0.25) is 0 Å². The molecule has 3 heteroatoms. The summed E-state index contributed by atoms with van der Waals surface area (Å²) in [7, 11) is 0. The van der Waals surface area contributed by atoms with Gasteiger partial charge in [0, 0.05) is 12.3 Å². The van der Waals surface area contributed by atoms with Crippen LogP contribution in [0.5, 0.6) is 0 Å². The first-order chi connectivity index (χ1) is 7.34. The molecule has 3 aliphatic rings. The number of ketones is 1. The van der Waals surface area contributed by atoms with Crippen LogP contribution in [0, 0.1) is 5.92 Å². The van der Waals surface area contributed by atoms with E-state index in [1.165, 1.54) is 0 Å². The molecule has 2 bridgehead atoms. The molecule has 0 N–H and O–H groups in total. The lowest BCUT2D eigenvalue weighted by Crippen LogP contribution is -2.56. The molecule has 3 nitrogen and oxygen atoms in total. The van der Waals surface area contributed by atoms with E-state index < -0.39 is 0 Å². The van der Waals surface area contributed by atoms with E-state index >= 15 is 0 Å². The van der Waals surface area contributed by atoms with Crippen molar-refractivity contribution in [1.82, 2.24) is 4.90 Å². The zero-order chi connectivity index (χ0) is 10.3. The van der Waals surface area contributed by atoms with Crippen molar-refractivity contribution in [2.24, 2.45) is 5.92 Å². The minimum absolute atomic E-state index is 0.0867. The number of hydrogen-bond donors (Lipinski definition) is 0. The van der Waals surface area contributed by atoms with Crippen LogP contribution in [-0.2, 0) is 11.2 Å². The van der Waals surface area contributed by atoms with Crippen molar-refractivity contribution in [3.05, 3.63) is 24.2 Å². The predicted octanol–water partition coefficient (Wildman–Crippen LogP) is 1.49. The third kappa shape index (κ3) is 1.51. The second kappa shape index (κ2) is 3.49. The number of carbonyl (C=O) groups excluding carboxylic acids is 1. The molecule has 0 radical (unpaired) electrons. The summed E-state index contributed by atoms with van der Waals surface area (Å²) in [5, 5.41) is 0. The zero-order valence-electron chi connectivity index (χ0n) is 8.69. The second-order valence-electron chi connectivity index (χ2n) is 4.51. The lowest BCUT2D eigenvalue weighted by Gasteiger charge is -2.43. The van der Waals surface area contributed by atoms with E-state index in [1.807, 2.05) is 12.1 Å². The minimum atomic E-state index is 0.0867. The highest BCUT2D eigenvalue weighted by Crippen LogP contribution is 2.30. The summed E-state index contributed by atoms with van der Waals surface area (Å²) < 4.78 is 5.31. The zero-order valence-corrected chi connectivity index (χ0v) is 8.69. The van der Waals surface area contributed by atoms with Gasteiger partial charge in [0.1, 0.15) is 5.76 Å². The number of fused-ring (bicyclic) bond motifs is 3. The fraction of sp³-hybridized carbons (Fsp3) is 0.583. The fourth-order valence-electron chi connectivity index (χ4n) is 2.80. The van der Waals surface area contributed by atoms with Gasteiger partial charge >= 0.3 is 0 Å². The smallest absolute Gasteiger partial charge is 0.153 e. The number of hydrogen-bond acceptors (Lipinski definition) is 3. The molecule has 80 valence electrons. The summed E-state index contributed by atoms with van der Waals surface area (Å²) in [6.45, 7) is 2.17. The summed E-state index contributed by atoms with van der Waals surface area (Å²) in [5.74, 6) is 1.69. The highest BCUT2D eigenvalue weighted by atomic mass is 16.3. The minimum Gasteiger partial charge on any atom is -0.469 e. The SMILES string of the molecule is O=C1C2CCN(CC2)[C@H]1Cc1ccco1. The Kier molecular flexibility index (Phi) is 2.13. The molecule has 0 amide bonds. The fourth-order valence-corrected chi connectivity index (χ4v) is 2.80. The van der Waals surface area contributed by atoms with E-state index in [0.717, 1.165) is 38.1 Å². The molecule has 4 heterocycles. The Balaban J connectivity index is 1.78. The maximum atomic E-state index is 12.0. The molecular weight excluding hydrogens is 190 g/mol. The van der Waals surface area contributed by atoms with Gasteiger partial charge in [-0.1, -0.05) is 0 Å². The molecule has 0 unspecified atom stereocenters. The van der Waals surface area contributed by atoms with E-state index in [1.54, 1.807) is 6.26 Å². The summed E-state index contributed by atoms with van der Waals surface area (Å²) >= 11 is 0. The van der Waals surface area contributed by atoms with Gasteiger partial charge in [-0.15, -0.1) is 0 Å². The van der Waals surface area contributed by atoms with Gasteiger partial charge in [0.2, 0.25) is 0 Å². The largest absolute Gasteiger partial charge is 0.469 e. The number of piperidine rings is 3. The monoisotopic (exact) mass is 205 g/mol. The Hall–Kier alpha value is -1.09. The third-order valence-electron chi connectivity index (χ3n) is 3.68. The van der Waals surface area contributed by atoms with E-state index in [2.05, 4.69) is 4.90 Å². The maximum absolute atomic E-state index is 12.0. The van der Waals surface area contributed by atoms with Gasteiger partial charge in [-0.25, -0.2) is 0 Å². The van der Waals surface area contributed by atoms with Crippen molar-refractivity contribution in [3.63, 3.8) is 0 Å². The van der Waals surface area contributed by atoms with Gasteiger partial charge in [0.25, 0.3) is 0 Å². The Morgan fingerprint density at radius 1 is 1.40 bits per heavy atom. The van der Waals surface area contributed by atoms with Crippen LogP contribution in [0.4, 0.5) is 0 Å². The molecule has 15 heavy (non-hydrogen) atoms. The number of Topliss-reactive ketones (excluding diaryl/α,β-unsaturated/α-hetero) is 1. The quantitative estimate of drug-likeness (QED) is 0.733. The Morgan fingerprint density at radius 3 is 2.80 bits per heavy atom. The number of carbonyl (C=O) groups is 1. The van der Waals surface area contributed by atoms with Crippen LogP contribution in [-0.4, -0.2) is 29.8 Å². The van der Waals surface area contributed by atoms with Crippen molar-refractivity contribution >= 4 is 5.78 Å². The first-order valence-corrected chi connectivity index (χ1v) is 5.65. The molecule has 0 aromatic carbocycles. The molecule has 3 saturated heterocycles. The Morgan fingerprint density at radius 2 is 2.20 bits per heavy atom. The topological polar surface area (TPSA) is 33.5 Å². The van der Waals surface area contributed by atoms with Crippen molar-refractivity contribution in [1.29, 1.82) is 0 Å². The first-order valence-electron chi connectivity index (χ1n) is 5.65. The molecule has 1 aromatic rings. The third-order valence-corrected chi connectivity index (χ3v) is 3.68. The Labute approximate surface area is 89.1 Å². The van der Waals surface area contributed by atoms with Gasteiger partial charge < -0.3 is 4.42 Å². The molecule has 0 saturated carbocycles. The molecule has 3 aliphatic heterocycles. The van der Waals surface area contributed by atoms with E-state index in [4.69, 9.17) is 4.42 Å². The van der Waals surface area contributed by atoms with Gasteiger partial charge in [-0.2, -0.15) is 0 Å². The molecular formula is C12H15NO2. The average Bonchev–Trinajstić information content (AvgIpc) is 2.77. The first kappa shape index (κ1) is 9.16. The van der Waals surface area contributed by atoms with Crippen LogP contribution in [0.3, 0.4) is 0 Å². The number of nitrogens with zero attached hydrogens (tertiary/aromatic N) is 1. The molecule has 0 spiro atoms. The highest BCUT2D eigenvalue weighted by molar-refractivity contribution is 5.88. The summed E-state index contributed by atoms with van der Waals surface area (Å²) in [6.07, 6.45) is 4.56. The lowest BCUT2D eigenvalue weighted by molar-refractivity contribution is -0.137. The van der Waals surface area contributed by atoms with Gasteiger partial charge in [0.05, 0.1) is 12.3 Å². The van der Waals surface area contributed by atoms with E-state index in [-0.39, 0.29) is 6.04 Å². The van der Waals surface area contributed by atoms with Crippen LogP contribution in [0.1, 0.15) is 18.6 Å². The standard InChI is InChI=1S/C12H15NO2/c14-12-9-3-5-13(6-4-9)11(12)8-10-2-1-7-15-10/h1-2,7,9,11H,3-6,8H2/t11-/m0/s1. The molecule has 1 aromatic heterocycles. The van der Waals surface area contributed by atoms with Crippen molar-refractivity contribution in [3.8, 4) is 0 Å². The van der Waals surface area contributed by atoms with Gasteiger partial charge in [-0.05, 0) is 38.1 Å². The van der Waals surface area contributed by atoms with E-state index in [9.17, 15) is 4.79 Å². The number of furan rings is 1. The van der Waals surface area contributed by atoms with E-state index in [0.29, 0.717) is 11.7 Å². The van der Waals surface area contributed by atoms with Gasteiger partial charge in [0.15, 0.2) is 5.78 Å². The van der Waals surface area contributed by atoms with Crippen LogP contribution < -0.4 is 0 Å². The van der Waals surface area contributed by atoms with Crippen LogP contribution in [0.25, 0.3) is 0 Å². The predicted molar refractivity (Wildman–Crippen MR) is 55.5 cm³/mol. The van der Waals surface area contributed by atoms with Crippen molar-refractivity contribution < 1.29 is 9.21 Å². The molecule has 0 aliphatic carbocycles. The summed E-state index contributed by atoms with van der Waals surface area (Å²) in [4.78, 5) is 14.3. The maximum Gasteiger partial charge on any atom is 0.153 e. The summed E-state index contributed by atoms with van der Waals surface area (Å²) in [5.41, 5.74) is 0. The number of rotatable bonds is 2. The summed E-state index contributed by atoms with van der Waals surface area (Å²) in [6, 6.07) is 3.93. The van der Waals surface area contributed by atoms with Crippen molar-refractivity contribution in [2.45, 2.75) is 25.3 Å². The van der Waals surface area contributed by atoms with Gasteiger partial charge in [-0.3, -0.25) is 9.69 Å². The second-order valence-corrected chi connectivity index (χ2v) is 4.51. The average molecular weight is 205 g/mol. The van der Waals surface area contributed by atoms with Crippen molar-refractivity contribution in [2.75, 3.05) is 13.1 Å². The van der Waals surface area contributed by atoms with Crippen LogP contribution in [0.15, 0.2) is 22.8 Å². The normalized spacial score (nSPS) is 34.7. The lowest BCUT2D eigenvalue weighted by atomic mass is 9.80. The molecule has 3 fully saturated rings.